The lowest BCUT2D eigenvalue weighted by Crippen LogP contribution is -2.49. The minimum absolute atomic E-state index is 0.0389. The smallest absolute Gasteiger partial charge is 0.338 e. The highest BCUT2D eigenvalue weighted by atomic mass is 16.5. The standard InChI is InChI=1S/C24H32N4O5/c1-16(2)28-21(12-13-25-28)26-22(29)14-33-24(31)19-8-10-20(11-9-19)32-15-23(30)27-17(3)6-5-7-18(27)4/h8-13,16-18H,5-7,14-15H2,1-4H3,(H,26,29)/t17-,18-/m0/s1. The number of esters is 1. The molecule has 2 amide bonds. The third kappa shape index (κ3) is 6.34. The van der Waals surface area contributed by atoms with E-state index in [1.165, 1.54) is 0 Å². The topological polar surface area (TPSA) is 103 Å². The first-order chi connectivity index (χ1) is 15.8. The molecule has 1 aliphatic heterocycles. The summed E-state index contributed by atoms with van der Waals surface area (Å²) in [6.45, 7) is 7.55. The molecular formula is C24H32N4O5. The molecule has 0 spiro atoms. The van der Waals surface area contributed by atoms with Gasteiger partial charge in [0.25, 0.3) is 11.8 Å². The fourth-order valence-corrected chi connectivity index (χ4v) is 4.04. The van der Waals surface area contributed by atoms with Crippen molar-refractivity contribution < 1.29 is 23.9 Å². The average molecular weight is 457 g/mol. The maximum atomic E-state index is 12.6. The molecule has 1 aromatic carbocycles. The molecule has 2 atom stereocenters. The first-order valence-electron chi connectivity index (χ1n) is 11.3. The van der Waals surface area contributed by atoms with E-state index >= 15 is 0 Å². The van der Waals surface area contributed by atoms with Gasteiger partial charge < -0.3 is 19.7 Å². The van der Waals surface area contributed by atoms with E-state index in [-0.39, 0.29) is 36.2 Å². The second-order valence-electron chi connectivity index (χ2n) is 8.62. The van der Waals surface area contributed by atoms with E-state index < -0.39 is 18.5 Å². The van der Waals surface area contributed by atoms with Crippen LogP contribution in [0, 0.1) is 0 Å². The number of amides is 2. The van der Waals surface area contributed by atoms with Crippen molar-refractivity contribution in [2.75, 3.05) is 18.5 Å². The van der Waals surface area contributed by atoms with E-state index in [1.54, 1.807) is 41.2 Å². The van der Waals surface area contributed by atoms with Gasteiger partial charge in [-0.15, -0.1) is 0 Å². The van der Waals surface area contributed by atoms with Crippen LogP contribution in [0.15, 0.2) is 36.5 Å². The number of aromatic nitrogens is 2. The lowest BCUT2D eigenvalue weighted by Gasteiger charge is -2.38. The molecule has 1 aliphatic rings. The summed E-state index contributed by atoms with van der Waals surface area (Å²) in [4.78, 5) is 38.8. The number of piperidine rings is 1. The van der Waals surface area contributed by atoms with Crippen molar-refractivity contribution in [2.24, 2.45) is 0 Å². The van der Waals surface area contributed by atoms with Gasteiger partial charge in [0.15, 0.2) is 13.2 Å². The summed E-state index contributed by atoms with van der Waals surface area (Å²) in [5.74, 6) is -0.0955. The molecule has 1 fully saturated rings. The van der Waals surface area contributed by atoms with Crippen molar-refractivity contribution in [3.63, 3.8) is 0 Å². The van der Waals surface area contributed by atoms with Crippen molar-refractivity contribution in [3.8, 4) is 5.75 Å². The Labute approximate surface area is 194 Å². The minimum Gasteiger partial charge on any atom is -0.484 e. The van der Waals surface area contributed by atoms with Crippen LogP contribution < -0.4 is 10.1 Å². The van der Waals surface area contributed by atoms with Crippen molar-refractivity contribution in [1.82, 2.24) is 14.7 Å². The molecule has 0 radical (unpaired) electrons. The zero-order valence-electron chi connectivity index (χ0n) is 19.6. The molecule has 2 aromatic rings. The van der Waals surface area contributed by atoms with Gasteiger partial charge >= 0.3 is 5.97 Å². The predicted octanol–water partition coefficient (Wildman–Crippen LogP) is 3.43. The highest BCUT2D eigenvalue weighted by molar-refractivity contribution is 5.95. The summed E-state index contributed by atoms with van der Waals surface area (Å²) in [6, 6.07) is 8.48. The highest BCUT2D eigenvalue weighted by Crippen LogP contribution is 2.23. The van der Waals surface area contributed by atoms with Gasteiger partial charge in [-0.2, -0.15) is 5.10 Å². The van der Waals surface area contributed by atoms with E-state index in [4.69, 9.17) is 9.47 Å². The quantitative estimate of drug-likeness (QED) is 0.611. The number of carbonyl (C=O) groups is 3. The van der Waals surface area contributed by atoms with Crippen LogP contribution in [0.25, 0.3) is 0 Å². The molecule has 0 unspecified atom stereocenters. The fraction of sp³-hybridized carbons (Fsp3) is 0.500. The Bertz CT molecular complexity index is 959. The molecule has 1 N–H and O–H groups in total. The van der Waals surface area contributed by atoms with Crippen LogP contribution in [-0.4, -0.2) is 57.8 Å². The number of rotatable bonds is 8. The predicted molar refractivity (Wildman–Crippen MR) is 123 cm³/mol. The summed E-state index contributed by atoms with van der Waals surface area (Å²) in [7, 11) is 0. The number of ether oxygens (including phenoxy) is 2. The number of carbonyl (C=O) groups excluding carboxylic acids is 3. The first-order valence-corrected chi connectivity index (χ1v) is 11.3. The van der Waals surface area contributed by atoms with Gasteiger partial charge in [0.1, 0.15) is 11.6 Å². The van der Waals surface area contributed by atoms with Gasteiger partial charge in [-0.25, -0.2) is 9.48 Å². The molecular weight excluding hydrogens is 424 g/mol. The van der Waals surface area contributed by atoms with Gasteiger partial charge in [0.2, 0.25) is 0 Å². The molecule has 178 valence electrons. The molecule has 3 rings (SSSR count). The van der Waals surface area contributed by atoms with Gasteiger partial charge in [0.05, 0.1) is 11.8 Å². The van der Waals surface area contributed by atoms with Crippen LogP contribution in [0.3, 0.4) is 0 Å². The molecule has 0 aliphatic carbocycles. The van der Waals surface area contributed by atoms with Crippen molar-refractivity contribution >= 4 is 23.6 Å². The maximum Gasteiger partial charge on any atom is 0.338 e. The maximum absolute atomic E-state index is 12.6. The van der Waals surface area contributed by atoms with E-state index in [1.807, 2.05) is 18.7 Å². The molecule has 33 heavy (non-hydrogen) atoms. The largest absolute Gasteiger partial charge is 0.484 e. The lowest BCUT2D eigenvalue weighted by molar-refractivity contribution is -0.139. The molecule has 0 bridgehead atoms. The monoisotopic (exact) mass is 456 g/mol. The summed E-state index contributed by atoms with van der Waals surface area (Å²) in [5.41, 5.74) is 0.284. The molecule has 2 heterocycles. The number of hydrogen-bond acceptors (Lipinski definition) is 6. The van der Waals surface area contributed by atoms with Gasteiger partial charge in [-0.1, -0.05) is 0 Å². The Morgan fingerprint density at radius 2 is 1.73 bits per heavy atom. The number of hydrogen-bond donors (Lipinski definition) is 1. The van der Waals surface area contributed by atoms with E-state index in [0.717, 1.165) is 19.3 Å². The van der Waals surface area contributed by atoms with E-state index in [0.29, 0.717) is 11.6 Å². The number of anilines is 1. The Morgan fingerprint density at radius 3 is 2.36 bits per heavy atom. The third-order valence-electron chi connectivity index (χ3n) is 5.70. The Morgan fingerprint density at radius 1 is 1.06 bits per heavy atom. The van der Waals surface area contributed by atoms with E-state index in [9.17, 15) is 14.4 Å². The molecule has 1 aromatic heterocycles. The van der Waals surface area contributed by atoms with Crippen LogP contribution in [0.1, 0.15) is 63.4 Å². The summed E-state index contributed by atoms with van der Waals surface area (Å²) < 4.78 is 12.4. The van der Waals surface area contributed by atoms with Gasteiger partial charge in [-0.3, -0.25) is 9.59 Å². The molecule has 9 heteroatoms. The SMILES string of the molecule is CC(C)n1nccc1NC(=O)COC(=O)c1ccc(OCC(=O)N2[C@@H](C)CCC[C@@H]2C)cc1. The summed E-state index contributed by atoms with van der Waals surface area (Å²) in [5, 5.41) is 6.81. The number of nitrogens with zero attached hydrogens (tertiary/aromatic N) is 3. The summed E-state index contributed by atoms with van der Waals surface area (Å²) in [6.07, 6.45) is 4.74. The molecule has 1 saturated heterocycles. The van der Waals surface area contributed by atoms with Crippen LogP contribution in [0.4, 0.5) is 5.82 Å². The highest BCUT2D eigenvalue weighted by Gasteiger charge is 2.29. The Kier molecular flexibility index (Phi) is 8.08. The normalized spacial score (nSPS) is 18.2. The third-order valence-corrected chi connectivity index (χ3v) is 5.70. The zero-order valence-corrected chi connectivity index (χ0v) is 19.6. The van der Waals surface area contributed by atoms with Crippen molar-refractivity contribution in [1.29, 1.82) is 0 Å². The Hall–Kier alpha value is -3.36. The second kappa shape index (κ2) is 11.0. The van der Waals surface area contributed by atoms with Gasteiger partial charge in [0, 0.05) is 24.2 Å². The number of likely N-dealkylation sites (tertiary alicyclic amines) is 1. The average Bonchev–Trinajstić information content (AvgIpc) is 3.24. The molecule has 0 saturated carbocycles. The lowest BCUT2D eigenvalue weighted by atomic mass is 9.97. The number of nitrogens with one attached hydrogen (secondary N) is 1. The Balaban J connectivity index is 1.46. The molecule has 9 nitrogen and oxygen atoms in total. The fourth-order valence-electron chi connectivity index (χ4n) is 4.04. The van der Waals surface area contributed by atoms with E-state index in [2.05, 4.69) is 24.3 Å². The van der Waals surface area contributed by atoms with Crippen LogP contribution in [0.5, 0.6) is 5.75 Å². The van der Waals surface area contributed by atoms with Gasteiger partial charge in [-0.05, 0) is 71.2 Å². The second-order valence-corrected chi connectivity index (χ2v) is 8.62. The van der Waals surface area contributed by atoms with Crippen LogP contribution >= 0.6 is 0 Å². The van der Waals surface area contributed by atoms with Crippen LogP contribution in [-0.2, 0) is 14.3 Å². The van der Waals surface area contributed by atoms with Crippen molar-refractivity contribution in [3.05, 3.63) is 42.1 Å². The first kappa shape index (κ1) is 24.3. The van der Waals surface area contributed by atoms with Crippen LogP contribution in [0.2, 0.25) is 0 Å². The van der Waals surface area contributed by atoms with Crippen molar-refractivity contribution in [2.45, 2.75) is 65.1 Å². The minimum atomic E-state index is -0.624. The zero-order chi connectivity index (χ0) is 24.0. The number of benzene rings is 1. The summed E-state index contributed by atoms with van der Waals surface area (Å²) >= 11 is 0.